The lowest BCUT2D eigenvalue weighted by Gasteiger charge is -2.13. The Morgan fingerprint density at radius 2 is 2.14 bits per heavy atom. The van der Waals surface area contributed by atoms with Crippen LogP contribution in [0.1, 0.15) is 16.2 Å². The summed E-state index contributed by atoms with van der Waals surface area (Å²) < 4.78 is 1.67. The maximum Gasteiger partial charge on any atom is 0.273 e. The third-order valence-corrected chi connectivity index (χ3v) is 4.82. The number of aromatic nitrogens is 4. The molecule has 1 aromatic carbocycles. The lowest BCUT2D eigenvalue weighted by atomic mass is 10.1. The lowest BCUT2D eigenvalue weighted by molar-refractivity contribution is 0.0921. The van der Waals surface area contributed by atoms with Crippen molar-refractivity contribution in [2.75, 3.05) is 19.6 Å². The van der Waals surface area contributed by atoms with Crippen molar-refractivity contribution < 1.29 is 9.90 Å². The molecule has 1 amide bonds. The number of nitrogens with zero attached hydrogens (tertiary/aromatic N) is 4. The summed E-state index contributed by atoms with van der Waals surface area (Å²) in [5.74, 6) is -0.269. The minimum atomic E-state index is -0.434. The van der Waals surface area contributed by atoms with E-state index in [2.05, 4.69) is 25.9 Å². The van der Waals surface area contributed by atoms with E-state index in [0.29, 0.717) is 25.3 Å². The first-order valence-corrected chi connectivity index (χ1v) is 8.57. The maximum atomic E-state index is 12.5. The van der Waals surface area contributed by atoms with E-state index in [1.807, 2.05) is 31.2 Å². The van der Waals surface area contributed by atoms with Crippen molar-refractivity contribution >= 4 is 41.5 Å². The van der Waals surface area contributed by atoms with Crippen LogP contribution in [0.4, 0.5) is 0 Å². The van der Waals surface area contributed by atoms with Crippen molar-refractivity contribution in [1.82, 2.24) is 30.6 Å². The molecule has 1 aliphatic heterocycles. The van der Waals surface area contributed by atoms with E-state index >= 15 is 0 Å². The van der Waals surface area contributed by atoms with Crippen LogP contribution in [0.15, 0.2) is 36.7 Å². The van der Waals surface area contributed by atoms with Gasteiger partial charge in [-0.15, -0.1) is 29.9 Å². The lowest BCUT2D eigenvalue weighted by Crippen LogP contribution is -2.34. The van der Waals surface area contributed by atoms with Crippen molar-refractivity contribution in [3.05, 3.63) is 48.0 Å². The fourth-order valence-electron chi connectivity index (χ4n) is 3.29. The van der Waals surface area contributed by atoms with Crippen molar-refractivity contribution in [2.24, 2.45) is 5.92 Å². The van der Waals surface area contributed by atoms with Crippen LogP contribution in [-0.2, 0) is 0 Å². The number of carbonyl (C=O) groups excluding carboxylic acids is 1. The molecule has 150 valence electrons. The predicted molar refractivity (Wildman–Crippen MR) is 111 cm³/mol. The normalized spacial score (nSPS) is 18.4. The fraction of sp³-hybridized carbons (Fsp3) is 0.333. The standard InChI is InChI=1S/C18H20N6O2.2ClH/c1-11-17(18(26)21-9-13-8-20-10-16(13)25)22-23-24(11)15-4-2-3-12-7-19-6-5-14(12)15;;/h2-7,13,16,20,25H,8-10H2,1H3,(H,21,26);2*1H. The Balaban J connectivity index is 0.00000140. The number of hydrogen-bond donors (Lipinski definition) is 3. The minimum absolute atomic E-state index is 0. The number of fused-ring (bicyclic) bond motifs is 1. The van der Waals surface area contributed by atoms with Gasteiger partial charge in [-0.3, -0.25) is 9.78 Å². The number of amides is 1. The number of aliphatic hydroxyl groups excluding tert-OH is 1. The largest absolute Gasteiger partial charge is 0.391 e. The van der Waals surface area contributed by atoms with Gasteiger partial charge in [-0.25, -0.2) is 4.68 Å². The number of carbonyl (C=O) groups is 1. The number of benzene rings is 1. The molecular formula is C18H22Cl2N6O2. The second-order valence-corrected chi connectivity index (χ2v) is 6.50. The Labute approximate surface area is 174 Å². The van der Waals surface area contributed by atoms with Crippen molar-refractivity contribution in [3.63, 3.8) is 0 Å². The van der Waals surface area contributed by atoms with Gasteiger partial charge in [-0.05, 0) is 19.1 Å². The summed E-state index contributed by atoms with van der Waals surface area (Å²) in [5.41, 5.74) is 1.80. The zero-order valence-corrected chi connectivity index (χ0v) is 16.8. The fourth-order valence-corrected chi connectivity index (χ4v) is 3.29. The predicted octanol–water partition coefficient (Wildman–Crippen LogP) is 1.28. The molecule has 10 heteroatoms. The first kappa shape index (κ1) is 22.0. The van der Waals surface area contributed by atoms with E-state index in [-0.39, 0.29) is 42.3 Å². The van der Waals surface area contributed by atoms with Crippen molar-refractivity contribution in [1.29, 1.82) is 0 Å². The van der Waals surface area contributed by atoms with Crippen LogP contribution in [0.5, 0.6) is 0 Å². The van der Waals surface area contributed by atoms with Crippen LogP contribution < -0.4 is 10.6 Å². The summed E-state index contributed by atoms with van der Waals surface area (Å²) in [6.07, 6.45) is 3.09. The highest BCUT2D eigenvalue weighted by molar-refractivity contribution is 5.94. The van der Waals surface area contributed by atoms with Gasteiger partial charge in [0.1, 0.15) is 0 Å². The van der Waals surface area contributed by atoms with E-state index in [0.717, 1.165) is 16.5 Å². The van der Waals surface area contributed by atoms with Crippen LogP contribution in [0.2, 0.25) is 0 Å². The molecule has 0 saturated carbocycles. The molecule has 4 rings (SSSR count). The summed E-state index contributed by atoms with van der Waals surface area (Å²) in [4.78, 5) is 16.6. The summed E-state index contributed by atoms with van der Waals surface area (Å²) in [6.45, 7) is 3.48. The first-order valence-electron chi connectivity index (χ1n) is 8.57. The highest BCUT2D eigenvalue weighted by atomic mass is 35.5. The van der Waals surface area contributed by atoms with Gasteiger partial charge in [0.15, 0.2) is 5.69 Å². The molecule has 0 bridgehead atoms. The first-order chi connectivity index (χ1) is 12.6. The van der Waals surface area contributed by atoms with Gasteiger partial charge < -0.3 is 15.7 Å². The highest BCUT2D eigenvalue weighted by Crippen LogP contribution is 2.22. The average molecular weight is 425 g/mol. The van der Waals surface area contributed by atoms with Gasteiger partial charge in [0.25, 0.3) is 5.91 Å². The second kappa shape index (κ2) is 9.29. The zero-order chi connectivity index (χ0) is 18.1. The summed E-state index contributed by atoms with van der Waals surface area (Å²) >= 11 is 0. The second-order valence-electron chi connectivity index (χ2n) is 6.50. The van der Waals surface area contributed by atoms with Crippen molar-refractivity contribution in [2.45, 2.75) is 13.0 Å². The third-order valence-electron chi connectivity index (χ3n) is 4.82. The molecule has 0 radical (unpaired) electrons. The number of pyridine rings is 1. The van der Waals surface area contributed by atoms with E-state index in [9.17, 15) is 9.90 Å². The Bertz CT molecular complexity index is 959. The molecule has 2 aromatic heterocycles. The summed E-state index contributed by atoms with van der Waals surface area (Å²) in [6, 6.07) is 7.76. The number of rotatable bonds is 4. The van der Waals surface area contributed by atoms with Crippen molar-refractivity contribution in [3.8, 4) is 5.69 Å². The third kappa shape index (κ3) is 4.10. The van der Waals surface area contributed by atoms with Crippen LogP contribution in [0.3, 0.4) is 0 Å². The topological polar surface area (TPSA) is 105 Å². The van der Waals surface area contributed by atoms with Crippen LogP contribution in [-0.4, -0.2) is 56.7 Å². The summed E-state index contributed by atoms with van der Waals surface area (Å²) in [5, 5.41) is 26.0. The smallest absolute Gasteiger partial charge is 0.273 e. The van der Waals surface area contributed by atoms with Gasteiger partial charge in [-0.2, -0.15) is 0 Å². The molecule has 0 spiro atoms. The molecule has 1 saturated heterocycles. The van der Waals surface area contributed by atoms with Gasteiger partial charge in [-0.1, -0.05) is 17.3 Å². The molecule has 28 heavy (non-hydrogen) atoms. The average Bonchev–Trinajstić information content (AvgIpc) is 3.24. The zero-order valence-electron chi connectivity index (χ0n) is 15.2. The monoisotopic (exact) mass is 424 g/mol. The van der Waals surface area contributed by atoms with E-state index < -0.39 is 6.10 Å². The number of nitrogens with one attached hydrogen (secondary N) is 2. The van der Waals surface area contributed by atoms with Crippen LogP contribution >= 0.6 is 24.8 Å². The quantitative estimate of drug-likeness (QED) is 0.582. The molecule has 3 heterocycles. The maximum absolute atomic E-state index is 12.5. The molecule has 8 nitrogen and oxygen atoms in total. The molecular weight excluding hydrogens is 403 g/mol. The Morgan fingerprint density at radius 3 is 2.89 bits per heavy atom. The van der Waals surface area contributed by atoms with E-state index in [1.165, 1.54) is 0 Å². The number of hydrogen-bond acceptors (Lipinski definition) is 6. The molecule has 0 aliphatic carbocycles. The van der Waals surface area contributed by atoms with E-state index in [1.54, 1.807) is 17.1 Å². The highest BCUT2D eigenvalue weighted by Gasteiger charge is 2.26. The molecule has 1 fully saturated rings. The van der Waals surface area contributed by atoms with E-state index in [4.69, 9.17) is 0 Å². The number of halogens is 2. The van der Waals surface area contributed by atoms with Gasteiger partial charge >= 0.3 is 0 Å². The SMILES string of the molecule is Cc1c(C(=O)NCC2CNCC2O)nnn1-c1cccc2cnccc12.Cl.Cl. The molecule has 2 unspecified atom stereocenters. The minimum Gasteiger partial charge on any atom is -0.391 e. The Hall–Kier alpha value is -2.26. The van der Waals surface area contributed by atoms with Crippen LogP contribution in [0.25, 0.3) is 16.5 Å². The van der Waals surface area contributed by atoms with Crippen LogP contribution in [0, 0.1) is 12.8 Å². The number of aliphatic hydroxyl groups is 1. The molecule has 3 aromatic rings. The van der Waals surface area contributed by atoms with Gasteiger partial charge in [0, 0.05) is 48.7 Å². The van der Waals surface area contributed by atoms with Gasteiger partial charge in [0.2, 0.25) is 0 Å². The number of β-amino-alcohol motifs (C(OH)–C–C–N with tert-alkyl or cyclic N) is 1. The Morgan fingerprint density at radius 1 is 1.32 bits per heavy atom. The Kier molecular flexibility index (Phi) is 7.31. The van der Waals surface area contributed by atoms with Gasteiger partial charge in [0.05, 0.1) is 17.5 Å². The molecule has 1 aliphatic rings. The molecule has 2 atom stereocenters. The molecule has 3 N–H and O–H groups in total. The summed E-state index contributed by atoms with van der Waals surface area (Å²) in [7, 11) is 0.